The Bertz CT molecular complexity index is 2080. The Kier molecular flexibility index (Phi) is 10.4. The Balaban J connectivity index is 1.61. The molecule has 1 aromatic heterocycles. The Morgan fingerprint density at radius 1 is 1.02 bits per heavy atom. The van der Waals surface area contributed by atoms with E-state index < -0.39 is 4.92 Å². The van der Waals surface area contributed by atoms with E-state index in [9.17, 15) is 14.9 Å². The van der Waals surface area contributed by atoms with Crippen molar-refractivity contribution >= 4 is 54.7 Å². The predicted octanol–water partition coefficient (Wildman–Crippen LogP) is 8.80. The van der Waals surface area contributed by atoms with Gasteiger partial charge in [-0.2, -0.15) is 9.78 Å². The van der Waals surface area contributed by atoms with Crippen molar-refractivity contribution in [1.82, 2.24) is 9.66 Å². The van der Waals surface area contributed by atoms with Gasteiger partial charge in [-0.15, -0.1) is 0 Å². The van der Waals surface area contributed by atoms with Crippen LogP contribution in [-0.4, -0.2) is 34.5 Å². The van der Waals surface area contributed by atoms with Crippen molar-refractivity contribution in [1.29, 1.82) is 0 Å². The maximum atomic E-state index is 13.9. The average molecular weight is 764 g/mol. The van der Waals surface area contributed by atoms with Gasteiger partial charge in [0.15, 0.2) is 17.3 Å². The number of non-ortho nitro benzene ring substituents is 1. The molecule has 5 aromatic rings. The number of aryl methyl sites for hydroxylation is 1. The third-order valence-electron chi connectivity index (χ3n) is 7.47. The lowest BCUT2D eigenvalue weighted by atomic mass is 9.96. The largest absolute Gasteiger partial charge is 0.496 e. The molecule has 0 N–H and O–H groups in total. The second-order valence-electron chi connectivity index (χ2n) is 10.9. The summed E-state index contributed by atoms with van der Waals surface area (Å²) in [6.07, 6.45) is 1.56. The standard InChI is InChI=1S/C35H32Br2N4O6/c1-6-46-30-16-23(31(36)32(37)33(30)47-19-22-10-9-11-24(15-22)41(43)44)18-38-40-34(39-28-13-8-7-12-25(28)35(40)42)27-17-26(20(2)3)29(45-5)14-21(27)4/h7-18,20H,6,19H2,1-5H3. The minimum absolute atomic E-state index is 0.0222. The van der Waals surface area contributed by atoms with E-state index in [-0.39, 0.29) is 23.8 Å². The zero-order chi connectivity index (χ0) is 33.8. The highest BCUT2D eigenvalue weighted by Crippen LogP contribution is 2.43. The maximum Gasteiger partial charge on any atom is 0.282 e. The van der Waals surface area contributed by atoms with Gasteiger partial charge in [0, 0.05) is 27.7 Å². The number of aromatic nitrogens is 2. The molecule has 5 rings (SSSR count). The molecule has 0 saturated carbocycles. The highest BCUT2D eigenvalue weighted by atomic mass is 79.9. The van der Waals surface area contributed by atoms with Gasteiger partial charge in [-0.25, -0.2) is 4.98 Å². The van der Waals surface area contributed by atoms with Gasteiger partial charge in [0.1, 0.15) is 12.4 Å². The van der Waals surface area contributed by atoms with Crippen LogP contribution in [0.15, 0.2) is 85.6 Å². The monoisotopic (exact) mass is 762 g/mol. The van der Waals surface area contributed by atoms with E-state index in [2.05, 4.69) is 50.8 Å². The molecule has 0 saturated heterocycles. The minimum Gasteiger partial charge on any atom is -0.496 e. The molecule has 0 bridgehead atoms. The van der Waals surface area contributed by atoms with Gasteiger partial charge in [0.25, 0.3) is 11.2 Å². The lowest BCUT2D eigenvalue weighted by molar-refractivity contribution is -0.384. The summed E-state index contributed by atoms with van der Waals surface area (Å²) in [7, 11) is 1.64. The number of hydrogen-bond donors (Lipinski definition) is 0. The first-order valence-corrected chi connectivity index (χ1v) is 16.4. The van der Waals surface area contributed by atoms with E-state index in [1.54, 1.807) is 43.7 Å². The zero-order valence-electron chi connectivity index (χ0n) is 26.4. The molecule has 0 aliphatic heterocycles. The second kappa shape index (κ2) is 14.5. The molecule has 0 aliphatic carbocycles. The molecule has 0 amide bonds. The van der Waals surface area contributed by atoms with Gasteiger partial charge in [0.2, 0.25) is 0 Å². The number of halogens is 2. The fraction of sp³-hybridized carbons (Fsp3) is 0.229. The summed E-state index contributed by atoms with van der Waals surface area (Å²) >= 11 is 7.26. The minimum atomic E-state index is -0.448. The Morgan fingerprint density at radius 2 is 1.79 bits per heavy atom. The van der Waals surface area contributed by atoms with E-state index in [0.29, 0.717) is 54.9 Å². The van der Waals surface area contributed by atoms with Gasteiger partial charge >= 0.3 is 0 Å². The molecule has 12 heteroatoms. The number of fused-ring (bicyclic) bond motifs is 1. The number of nitrogens with zero attached hydrogens (tertiary/aromatic N) is 4. The third-order valence-corrected chi connectivity index (χ3v) is 9.61. The molecule has 1 heterocycles. The molecule has 0 spiro atoms. The topological polar surface area (TPSA) is 118 Å². The van der Waals surface area contributed by atoms with Crippen LogP contribution in [0.1, 0.15) is 48.9 Å². The number of benzene rings is 4. The van der Waals surface area contributed by atoms with E-state index in [1.165, 1.54) is 16.8 Å². The summed E-state index contributed by atoms with van der Waals surface area (Å²) < 4.78 is 20.1. The maximum absolute atomic E-state index is 13.9. The zero-order valence-corrected chi connectivity index (χ0v) is 29.6. The van der Waals surface area contributed by atoms with Crippen molar-refractivity contribution in [2.75, 3.05) is 13.7 Å². The predicted molar refractivity (Wildman–Crippen MR) is 190 cm³/mol. The molecule has 0 unspecified atom stereocenters. The quantitative estimate of drug-likeness (QED) is 0.0750. The first kappa shape index (κ1) is 33.8. The number of nitro groups is 1. The van der Waals surface area contributed by atoms with Crippen LogP contribution >= 0.6 is 31.9 Å². The van der Waals surface area contributed by atoms with E-state index in [4.69, 9.17) is 19.2 Å². The van der Waals surface area contributed by atoms with Crippen molar-refractivity contribution in [3.05, 3.63) is 118 Å². The SMILES string of the molecule is CCOc1cc(C=Nn2c(-c3cc(C(C)C)c(OC)cc3C)nc3ccccc3c2=O)c(Br)c(Br)c1OCc1cccc([N+](=O)[O-])c1. The van der Waals surface area contributed by atoms with Crippen LogP contribution in [0.25, 0.3) is 22.3 Å². The molecule has 47 heavy (non-hydrogen) atoms. The van der Waals surface area contributed by atoms with Crippen LogP contribution < -0.4 is 19.8 Å². The van der Waals surface area contributed by atoms with Crippen LogP contribution in [0, 0.1) is 17.0 Å². The molecular weight excluding hydrogens is 732 g/mol. The van der Waals surface area contributed by atoms with Crippen molar-refractivity contribution in [3.63, 3.8) is 0 Å². The average Bonchev–Trinajstić information content (AvgIpc) is 3.06. The summed E-state index contributed by atoms with van der Waals surface area (Å²) in [5.74, 6) is 2.15. The molecular formula is C35H32Br2N4O6. The van der Waals surface area contributed by atoms with Gasteiger partial charge in [-0.05, 0) is 98.6 Å². The van der Waals surface area contributed by atoms with Gasteiger partial charge in [-0.3, -0.25) is 14.9 Å². The number of para-hydroxylation sites is 1. The molecule has 242 valence electrons. The van der Waals surface area contributed by atoms with Crippen LogP contribution in [0.5, 0.6) is 17.2 Å². The first-order chi connectivity index (χ1) is 22.5. The molecule has 0 aliphatic rings. The smallest absolute Gasteiger partial charge is 0.282 e. The van der Waals surface area contributed by atoms with Gasteiger partial charge < -0.3 is 14.2 Å². The third kappa shape index (κ3) is 7.08. The summed E-state index contributed by atoms with van der Waals surface area (Å²) in [4.78, 5) is 29.6. The fourth-order valence-electron chi connectivity index (χ4n) is 5.10. The highest BCUT2D eigenvalue weighted by Gasteiger charge is 2.20. The van der Waals surface area contributed by atoms with E-state index >= 15 is 0 Å². The lowest BCUT2D eigenvalue weighted by Crippen LogP contribution is -2.21. The number of nitro benzene ring substituents is 1. The van der Waals surface area contributed by atoms with Crippen LogP contribution in [0.4, 0.5) is 5.69 Å². The summed E-state index contributed by atoms with van der Waals surface area (Å²) in [6, 6.07) is 19.1. The number of rotatable bonds is 11. The van der Waals surface area contributed by atoms with Crippen molar-refractivity contribution in [3.8, 4) is 28.6 Å². The van der Waals surface area contributed by atoms with Crippen molar-refractivity contribution in [2.24, 2.45) is 5.10 Å². The van der Waals surface area contributed by atoms with Gasteiger partial charge in [0.05, 0.1) is 40.2 Å². The number of ether oxygens (including phenoxy) is 3. The number of hydrogen-bond acceptors (Lipinski definition) is 8. The molecule has 4 aromatic carbocycles. The molecule has 0 atom stereocenters. The summed E-state index contributed by atoms with van der Waals surface area (Å²) in [5, 5.41) is 16.3. The molecule has 10 nitrogen and oxygen atoms in total. The highest BCUT2D eigenvalue weighted by molar-refractivity contribution is 9.13. The summed E-state index contributed by atoms with van der Waals surface area (Å²) in [6.45, 7) is 8.39. The van der Waals surface area contributed by atoms with Crippen molar-refractivity contribution in [2.45, 2.75) is 40.2 Å². The van der Waals surface area contributed by atoms with Gasteiger partial charge in [-0.1, -0.05) is 38.1 Å². The van der Waals surface area contributed by atoms with E-state index in [1.807, 2.05) is 38.1 Å². The Labute approximate surface area is 288 Å². The van der Waals surface area contributed by atoms with E-state index in [0.717, 1.165) is 22.4 Å². The number of methoxy groups -OCH3 is 1. The van der Waals surface area contributed by atoms with Crippen LogP contribution in [-0.2, 0) is 6.61 Å². The lowest BCUT2D eigenvalue weighted by Gasteiger charge is -2.18. The molecule has 0 radical (unpaired) electrons. The normalized spacial score (nSPS) is 11.4. The van der Waals surface area contributed by atoms with Crippen LogP contribution in [0.2, 0.25) is 0 Å². The molecule has 0 fully saturated rings. The Morgan fingerprint density at radius 3 is 2.49 bits per heavy atom. The fourth-order valence-corrected chi connectivity index (χ4v) is 6.04. The summed E-state index contributed by atoms with van der Waals surface area (Å²) in [5.41, 5.74) is 4.07. The second-order valence-corrected chi connectivity index (χ2v) is 12.5. The Hall–Kier alpha value is -4.55. The van der Waals surface area contributed by atoms with Crippen molar-refractivity contribution < 1.29 is 19.1 Å². The first-order valence-electron chi connectivity index (χ1n) is 14.8. The van der Waals surface area contributed by atoms with Crippen LogP contribution in [0.3, 0.4) is 0 Å².